The van der Waals surface area contributed by atoms with Crippen molar-refractivity contribution in [2.45, 2.75) is 58.3 Å². The molecule has 4 rings (SSSR count). The van der Waals surface area contributed by atoms with Crippen molar-refractivity contribution >= 4 is 59.9 Å². The van der Waals surface area contributed by atoms with E-state index in [-0.39, 0.29) is 91.8 Å². The number of anilines is 3. The molecule has 18 nitrogen and oxygen atoms in total. The normalized spacial score (nSPS) is 12.8. The minimum atomic E-state index is -4.79. The number of nitrogens with one attached hydrogen (secondary N) is 4. The number of carbonyl (C=O) groups excluding carboxylic acids is 3. The number of carboxylic acid groups (broad SMARTS) is 1. The van der Waals surface area contributed by atoms with E-state index >= 15 is 0 Å². The van der Waals surface area contributed by atoms with Crippen molar-refractivity contribution in [3.63, 3.8) is 0 Å². The number of aromatic amines is 1. The van der Waals surface area contributed by atoms with E-state index in [4.69, 9.17) is 25.3 Å². The first-order valence-corrected chi connectivity index (χ1v) is 18.8. The number of hydrogen-bond donors (Lipinski definition) is 5. The second kappa shape index (κ2) is 20.2. The fraction of sp³-hybridized carbons (Fsp3) is 0.333. The molecule has 2 heterocycles. The van der Waals surface area contributed by atoms with Crippen molar-refractivity contribution in [2.75, 3.05) is 30.5 Å². The molecule has 58 heavy (non-hydrogen) atoms. The molecule has 0 spiro atoms. The maximum Gasteiger partial charge on any atom is 0.538 e. The number of alkyl halides is 3. The fourth-order valence-corrected chi connectivity index (χ4v) is 5.97. The van der Waals surface area contributed by atoms with Gasteiger partial charge >= 0.3 is 31.5 Å². The van der Waals surface area contributed by atoms with E-state index < -0.39 is 49.0 Å². The molecule has 0 bridgehead atoms. The number of esters is 1. The van der Waals surface area contributed by atoms with Crippen LogP contribution in [0.5, 0.6) is 0 Å². The Morgan fingerprint density at radius 2 is 1.78 bits per heavy atom. The van der Waals surface area contributed by atoms with Crippen LogP contribution >= 0.6 is 7.82 Å². The van der Waals surface area contributed by atoms with Crippen molar-refractivity contribution in [2.24, 2.45) is 0 Å². The number of phosphoric ester groups is 1. The summed E-state index contributed by atoms with van der Waals surface area (Å²) in [4.78, 5) is 76.3. The Bertz CT molecular complexity index is 2280. The van der Waals surface area contributed by atoms with Gasteiger partial charge in [0.25, 0.3) is 5.91 Å². The van der Waals surface area contributed by atoms with Crippen LogP contribution in [-0.4, -0.2) is 74.5 Å². The van der Waals surface area contributed by atoms with E-state index in [1.165, 1.54) is 25.3 Å². The lowest BCUT2D eigenvalue weighted by atomic mass is 10.1. The van der Waals surface area contributed by atoms with Gasteiger partial charge in [-0.2, -0.15) is 18.2 Å². The Labute approximate surface area is 327 Å². The average Bonchev–Trinajstić information content (AvgIpc) is 3.16. The predicted octanol–water partition coefficient (Wildman–Crippen LogP) is 5.35. The smallest absolute Gasteiger partial charge is 0.481 e. The summed E-state index contributed by atoms with van der Waals surface area (Å²) in [6.07, 6.45) is 3.33. The summed E-state index contributed by atoms with van der Waals surface area (Å²) in [6.45, 7) is 2.55. The molecule has 0 radical (unpaired) electrons. The first-order chi connectivity index (χ1) is 27.5. The highest BCUT2D eigenvalue weighted by Crippen LogP contribution is 2.49. The van der Waals surface area contributed by atoms with Gasteiger partial charge in [0.05, 0.1) is 61.1 Å². The van der Waals surface area contributed by atoms with E-state index in [1.807, 2.05) is 0 Å². The van der Waals surface area contributed by atoms with Crippen LogP contribution in [0.1, 0.15) is 71.5 Å². The molecule has 2 aromatic heterocycles. The lowest BCUT2D eigenvalue weighted by molar-refractivity contribution is -0.138. The molecule has 0 fully saturated rings. The van der Waals surface area contributed by atoms with Crippen molar-refractivity contribution < 1.29 is 60.3 Å². The van der Waals surface area contributed by atoms with Gasteiger partial charge in [-0.3, -0.25) is 28.2 Å². The number of Topliss-reactive ketones (excluding diaryl/α,β-unsaturated/α-hetero) is 1. The lowest BCUT2D eigenvalue weighted by Gasteiger charge is -2.15. The number of benzene rings is 2. The number of fused-ring (bicyclic) bond motifs is 1. The van der Waals surface area contributed by atoms with Crippen molar-refractivity contribution in [1.82, 2.24) is 25.3 Å². The van der Waals surface area contributed by atoms with Crippen LogP contribution in [0.4, 0.5) is 30.5 Å². The molecule has 2 atom stereocenters. The Balaban J connectivity index is 1.41. The molecule has 0 saturated heterocycles. The number of carboxylic acids is 1. The van der Waals surface area contributed by atoms with Crippen molar-refractivity contribution in [3.8, 4) is 12.5 Å². The van der Waals surface area contributed by atoms with Gasteiger partial charge < -0.3 is 35.3 Å². The van der Waals surface area contributed by atoms with E-state index in [0.29, 0.717) is 23.5 Å². The highest BCUT2D eigenvalue weighted by molar-refractivity contribution is 7.48. The predicted molar refractivity (Wildman–Crippen MR) is 200 cm³/mol. The molecule has 1 amide bonds. The van der Waals surface area contributed by atoms with E-state index in [1.54, 1.807) is 25.2 Å². The topological polar surface area (TPSA) is 250 Å². The molecule has 1 unspecified atom stereocenters. The summed E-state index contributed by atoms with van der Waals surface area (Å²) < 4.78 is 72.9. The third kappa shape index (κ3) is 12.8. The minimum Gasteiger partial charge on any atom is -0.481 e. The third-order valence-electron chi connectivity index (χ3n) is 7.83. The first kappa shape index (κ1) is 44.4. The number of phosphoric acid groups is 1. The number of unbranched alkanes of at least 4 members (excludes halogenated alkanes) is 1. The Morgan fingerprint density at radius 3 is 2.43 bits per heavy atom. The van der Waals surface area contributed by atoms with Crippen LogP contribution < -0.4 is 21.5 Å². The average molecular weight is 832 g/mol. The molecular formula is C36H37F3N7O11P. The number of halogens is 3. The van der Waals surface area contributed by atoms with Crippen LogP contribution in [0.25, 0.3) is 11.2 Å². The van der Waals surface area contributed by atoms with Crippen LogP contribution in [0.15, 0.2) is 53.5 Å². The van der Waals surface area contributed by atoms with Crippen LogP contribution in [-0.2, 0) is 45.2 Å². The first-order valence-electron chi connectivity index (χ1n) is 17.3. The quantitative estimate of drug-likeness (QED) is 0.0307. The largest absolute Gasteiger partial charge is 0.538 e. The second-order valence-electron chi connectivity index (χ2n) is 12.1. The Morgan fingerprint density at radius 1 is 1.05 bits per heavy atom. The summed E-state index contributed by atoms with van der Waals surface area (Å²) in [6, 6.07) is 7.40. The zero-order valence-corrected chi connectivity index (χ0v) is 31.8. The molecule has 22 heteroatoms. The van der Waals surface area contributed by atoms with Gasteiger partial charge in [0.2, 0.25) is 5.95 Å². The summed E-state index contributed by atoms with van der Waals surface area (Å²) in [5.74, 6) is -3.40. The van der Waals surface area contributed by atoms with Crippen molar-refractivity contribution in [3.05, 3.63) is 81.4 Å². The SMILES string of the molecule is C#COP(=O)(OCC)OCCCCOC(=O)c1ccc(C(F)(F)F)cc1Nc1nc(=O)c2nc(CNc3ccc(C(=O)N[C@@H](CCC(=O)O)C(C)=O)cc3)cnc2[nH]1. The highest BCUT2D eigenvalue weighted by atomic mass is 31.2. The van der Waals surface area contributed by atoms with Crippen LogP contribution in [0.2, 0.25) is 0 Å². The van der Waals surface area contributed by atoms with Gasteiger partial charge in [-0.15, -0.1) is 0 Å². The molecule has 5 N–H and O–H groups in total. The fourth-order valence-electron chi connectivity index (χ4n) is 4.99. The molecular weight excluding hydrogens is 794 g/mol. The Kier molecular flexibility index (Phi) is 15.4. The van der Waals surface area contributed by atoms with E-state index in [9.17, 15) is 41.7 Å². The maximum atomic E-state index is 13.6. The zero-order valence-electron chi connectivity index (χ0n) is 30.9. The second-order valence-corrected chi connectivity index (χ2v) is 13.7. The van der Waals surface area contributed by atoms with Crippen molar-refractivity contribution in [1.29, 1.82) is 0 Å². The highest BCUT2D eigenvalue weighted by Gasteiger charge is 2.32. The van der Waals surface area contributed by atoms with Gasteiger partial charge in [0.15, 0.2) is 16.9 Å². The molecule has 4 aromatic rings. The number of nitrogens with zero attached hydrogens (tertiary/aromatic N) is 3. The number of H-pyrrole nitrogens is 1. The molecule has 0 aliphatic rings. The molecule has 308 valence electrons. The number of terminal acetylenes is 1. The van der Waals surface area contributed by atoms with Gasteiger partial charge in [0, 0.05) is 17.7 Å². The summed E-state index contributed by atoms with van der Waals surface area (Å²) in [5, 5.41) is 17.0. The van der Waals surface area contributed by atoms with Gasteiger partial charge in [-0.25, -0.2) is 19.3 Å². The number of ether oxygens (including phenoxy) is 1. The number of aromatic nitrogens is 4. The van der Waals surface area contributed by atoms with Gasteiger partial charge in [0.1, 0.15) is 6.11 Å². The Hall–Kier alpha value is -6.36. The molecule has 0 aliphatic carbocycles. The number of rotatable bonds is 21. The monoisotopic (exact) mass is 831 g/mol. The van der Waals surface area contributed by atoms with Crippen LogP contribution in [0.3, 0.4) is 0 Å². The number of aliphatic carboxylic acids is 1. The van der Waals surface area contributed by atoms with Gasteiger partial charge in [-0.1, -0.05) is 6.42 Å². The van der Waals surface area contributed by atoms with Crippen LogP contribution in [0, 0.1) is 12.5 Å². The number of hydrogen-bond acceptors (Lipinski definition) is 15. The number of carbonyl (C=O) groups is 4. The lowest BCUT2D eigenvalue weighted by Crippen LogP contribution is -2.40. The number of amides is 1. The van der Waals surface area contributed by atoms with E-state index in [0.717, 1.165) is 6.07 Å². The summed E-state index contributed by atoms with van der Waals surface area (Å²) in [7, 11) is -3.96. The van der Waals surface area contributed by atoms with E-state index in [2.05, 4.69) is 40.4 Å². The third-order valence-corrected chi connectivity index (χ3v) is 9.23. The zero-order chi connectivity index (χ0) is 42.5. The number of ketones is 1. The summed E-state index contributed by atoms with van der Waals surface area (Å²) >= 11 is 0. The molecule has 0 saturated carbocycles. The van der Waals surface area contributed by atoms with Gasteiger partial charge in [-0.05, 0) is 75.6 Å². The summed E-state index contributed by atoms with van der Waals surface area (Å²) in [5.41, 5.74) is -1.91. The maximum absolute atomic E-state index is 13.6. The minimum absolute atomic E-state index is 0.00645. The molecule has 2 aromatic carbocycles. The molecule has 0 aliphatic heterocycles. The standard InChI is InChI=1S/C36H37F3N7O11P/c1-4-55-58(53,56-5-2)57-17-7-6-16-54-34(52)26-13-10-23(36(37,38)39)18-28(26)44-35-45-31-30(33(51)46-35)42-25(20-41-31)19-40-24-11-8-22(9-12-24)32(50)43-27(21(3)47)14-15-29(48)49/h1,8-13,18,20,27,40H,5-7,14-17,19H2,2-3H3,(H,43,50)(H,48,49)(H2,41,44,45,46,51)/t27-,58?/m0/s1.